The van der Waals surface area contributed by atoms with Crippen LogP contribution in [0.3, 0.4) is 0 Å². The lowest BCUT2D eigenvalue weighted by molar-refractivity contribution is -0.384. The van der Waals surface area contributed by atoms with E-state index in [1.54, 1.807) is 6.07 Å². The van der Waals surface area contributed by atoms with E-state index in [2.05, 4.69) is 15.3 Å². The number of H-pyrrole nitrogens is 1. The Balaban J connectivity index is 1.64. The molecule has 1 aliphatic carbocycles. The van der Waals surface area contributed by atoms with Gasteiger partial charge in [-0.1, -0.05) is 25.7 Å². The van der Waals surface area contributed by atoms with Crippen molar-refractivity contribution in [1.82, 2.24) is 9.97 Å². The van der Waals surface area contributed by atoms with Crippen LogP contribution in [0.25, 0.3) is 11.0 Å². The monoisotopic (exact) mass is 274 g/mol. The second kappa shape index (κ2) is 5.48. The van der Waals surface area contributed by atoms with Crippen LogP contribution in [0, 0.1) is 16.0 Å². The number of fused-ring (bicyclic) bond motifs is 1. The molecule has 1 saturated carbocycles. The SMILES string of the molecule is O=[N+]([O-])c1ccc2nc(NCCC3CCCC3)[nH]c2c1. The van der Waals surface area contributed by atoms with Gasteiger partial charge in [-0.3, -0.25) is 10.1 Å². The molecule has 0 saturated heterocycles. The van der Waals surface area contributed by atoms with Crippen molar-refractivity contribution in [3.8, 4) is 0 Å². The van der Waals surface area contributed by atoms with E-state index in [0.29, 0.717) is 11.5 Å². The predicted molar refractivity (Wildman–Crippen MR) is 77.8 cm³/mol. The van der Waals surface area contributed by atoms with Gasteiger partial charge in [0.2, 0.25) is 5.95 Å². The number of hydrogen-bond acceptors (Lipinski definition) is 4. The van der Waals surface area contributed by atoms with Gasteiger partial charge in [0.1, 0.15) is 0 Å². The van der Waals surface area contributed by atoms with E-state index in [-0.39, 0.29) is 5.69 Å². The summed E-state index contributed by atoms with van der Waals surface area (Å²) in [4.78, 5) is 17.8. The molecule has 1 aromatic carbocycles. The quantitative estimate of drug-likeness (QED) is 0.646. The minimum Gasteiger partial charge on any atom is -0.356 e. The van der Waals surface area contributed by atoms with Crippen LogP contribution in [0.4, 0.5) is 11.6 Å². The first kappa shape index (κ1) is 12.9. The smallest absolute Gasteiger partial charge is 0.271 e. The standard InChI is InChI=1S/C14H18N4O2/c19-18(20)11-5-6-12-13(9-11)17-14(16-12)15-8-7-10-3-1-2-4-10/h5-6,9-10H,1-4,7-8H2,(H2,15,16,17). The lowest BCUT2D eigenvalue weighted by Crippen LogP contribution is -2.07. The van der Waals surface area contributed by atoms with Gasteiger partial charge in [-0.25, -0.2) is 4.98 Å². The third-order valence-electron chi connectivity index (χ3n) is 4.00. The second-order valence-electron chi connectivity index (χ2n) is 5.41. The average molecular weight is 274 g/mol. The summed E-state index contributed by atoms with van der Waals surface area (Å²) in [6.07, 6.45) is 6.57. The zero-order valence-corrected chi connectivity index (χ0v) is 11.3. The Morgan fingerprint density at radius 1 is 1.40 bits per heavy atom. The number of aromatic amines is 1. The van der Waals surface area contributed by atoms with Gasteiger partial charge >= 0.3 is 0 Å². The minimum atomic E-state index is -0.395. The maximum atomic E-state index is 10.7. The molecule has 1 heterocycles. The van der Waals surface area contributed by atoms with Gasteiger partial charge in [-0.2, -0.15) is 0 Å². The molecule has 0 aliphatic heterocycles. The topological polar surface area (TPSA) is 83.8 Å². The van der Waals surface area contributed by atoms with Crippen LogP contribution in [0.15, 0.2) is 18.2 Å². The summed E-state index contributed by atoms with van der Waals surface area (Å²) in [6, 6.07) is 4.67. The summed E-state index contributed by atoms with van der Waals surface area (Å²) in [5.41, 5.74) is 1.53. The van der Waals surface area contributed by atoms with Gasteiger partial charge in [0.05, 0.1) is 16.0 Å². The molecule has 6 nitrogen and oxygen atoms in total. The second-order valence-corrected chi connectivity index (χ2v) is 5.41. The van der Waals surface area contributed by atoms with E-state index >= 15 is 0 Å². The van der Waals surface area contributed by atoms with Crippen molar-refractivity contribution in [2.24, 2.45) is 5.92 Å². The summed E-state index contributed by atoms with van der Waals surface area (Å²) in [5.74, 6) is 1.53. The third kappa shape index (κ3) is 2.74. The molecular formula is C14H18N4O2. The maximum Gasteiger partial charge on any atom is 0.271 e. The van der Waals surface area contributed by atoms with E-state index in [4.69, 9.17) is 0 Å². The Bertz CT molecular complexity index is 617. The molecule has 106 valence electrons. The highest BCUT2D eigenvalue weighted by Gasteiger charge is 2.14. The van der Waals surface area contributed by atoms with E-state index < -0.39 is 4.92 Å². The van der Waals surface area contributed by atoms with E-state index in [0.717, 1.165) is 24.4 Å². The Morgan fingerprint density at radius 3 is 2.95 bits per heavy atom. The molecule has 0 radical (unpaired) electrons. The number of rotatable bonds is 5. The Kier molecular flexibility index (Phi) is 3.54. The van der Waals surface area contributed by atoms with Gasteiger partial charge in [0.25, 0.3) is 5.69 Å². The summed E-state index contributed by atoms with van der Waals surface area (Å²) in [7, 11) is 0. The van der Waals surface area contributed by atoms with Crippen LogP contribution >= 0.6 is 0 Å². The van der Waals surface area contributed by atoms with Crippen LogP contribution in [0.1, 0.15) is 32.1 Å². The normalized spacial score (nSPS) is 15.8. The number of nitro benzene ring substituents is 1. The molecule has 1 aromatic heterocycles. The highest BCUT2D eigenvalue weighted by atomic mass is 16.6. The Hall–Kier alpha value is -2.11. The molecule has 0 spiro atoms. The van der Waals surface area contributed by atoms with Crippen molar-refractivity contribution in [2.75, 3.05) is 11.9 Å². The lowest BCUT2D eigenvalue weighted by atomic mass is 10.0. The number of nitrogens with zero attached hydrogens (tertiary/aromatic N) is 2. The number of anilines is 1. The Morgan fingerprint density at radius 2 is 2.20 bits per heavy atom. The van der Waals surface area contributed by atoms with Crippen molar-refractivity contribution in [1.29, 1.82) is 0 Å². The van der Waals surface area contributed by atoms with E-state index in [1.807, 2.05) is 0 Å². The highest BCUT2D eigenvalue weighted by molar-refractivity contribution is 5.79. The highest BCUT2D eigenvalue weighted by Crippen LogP contribution is 2.27. The molecule has 6 heteroatoms. The van der Waals surface area contributed by atoms with Gasteiger partial charge in [0.15, 0.2) is 0 Å². The molecule has 1 fully saturated rings. The largest absolute Gasteiger partial charge is 0.356 e. The van der Waals surface area contributed by atoms with Crippen molar-refractivity contribution in [2.45, 2.75) is 32.1 Å². The molecule has 2 N–H and O–H groups in total. The average Bonchev–Trinajstić information content (AvgIpc) is 3.06. The van der Waals surface area contributed by atoms with Crippen molar-refractivity contribution in [3.63, 3.8) is 0 Å². The number of benzene rings is 1. The van der Waals surface area contributed by atoms with Crippen LogP contribution in [-0.4, -0.2) is 21.4 Å². The fourth-order valence-electron chi connectivity index (χ4n) is 2.89. The maximum absolute atomic E-state index is 10.7. The first-order chi connectivity index (χ1) is 9.72. The zero-order valence-electron chi connectivity index (χ0n) is 11.3. The van der Waals surface area contributed by atoms with Crippen LogP contribution in [0.2, 0.25) is 0 Å². The third-order valence-corrected chi connectivity index (χ3v) is 4.00. The number of hydrogen-bond donors (Lipinski definition) is 2. The van der Waals surface area contributed by atoms with Crippen molar-refractivity contribution < 1.29 is 4.92 Å². The molecule has 3 rings (SSSR count). The van der Waals surface area contributed by atoms with E-state index in [9.17, 15) is 10.1 Å². The van der Waals surface area contributed by atoms with Gasteiger partial charge in [-0.05, 0) is 18.4 Å². The zero-order chi connectivity index (χ0) is 13.9. The summed E-state index contributed by atoms with van der Waals surface area (Å²) >= 11 is 0. The van der Waals surface area contributed by atoms with Crippen molar-refractivity contribution in [3.05, 3.63) is 28.3 Å². The van der Waals surface area contributed by atoms with Crippen molar-refractivity contribution >= 4 is 22.7 Å². The van der Waals surface area contributed by atoms with E-state index in [1.165, 1.54) is 37.8 Å². The van der Waals surface area contributed by atoms with Gasteiger partial charge in [0, 0.05) is 18.7 Å². The summed E-state index contributed by atoms with van der Waals surface area (Å²) < 4.78 is 0. The molecule has 2 aromatic rings. The molecular weight excluding hydrogens is 256 g/mol. The number of nitro groups is 1. The first-order valence-electron chi connectivity index (χ1n) is 7.10. The molecule has 1 aliphatic rings. The molecule has 0 atom stereocenters. The molecule has 0 unspecified atom stereocenters. The number of nitrogens with one attached hydrogen (secondary N) is 2. The molecule has 20 heavy (non-hydrogen) atoms. The lowest BCUT2D eigenvalue weighted by Gasteiger charge is -2.08. The first-order valence-corrected chi connectivity index (χ1v) is 7.10. The van der Waals surface area contributed by atoms with Crippen LogP contribution in [0.5, 0.6) is 0 Å². The van der Waals surface area contributed by atoms with Crippen LogP contribution in [-0.2, 0) is 0 Å². The number of non-ortho nitro benzene ring substituents is 1. The van der Waals surface area contributed by atoms with Gasteiger partial charge in [-0.15, -0.1) is 0 Å². The predicted octanol–water partition coefficient (Wildman–Crippen LogP) is 3.46. The fourth-order valence-corrected chi connectivity index (χ4v) is 2.89. The summed E-state index contributed by atoms with van der Waals surface area (Å²) in [5, 5.41) is 14.0. The van der Waals surface area contributed by atoms with Gasteiger partial charge < -0.3 is 10.3 Å². The minimum absolute atomic E-state index is 0.0821. The summed E-state index contributed by atoms with van der Waals surface area (Å²) in [6.45, 7) is 0.895. The molecule has 0 bridgehead atoms. The van der Waals surface area contributed by atoms with Crippen LogP contribution < -0.4 is 5.32 Å². The fraction of sp³-hybridized carbons (Fsp3) is 0.500. The number of imidazole rings is 1. The number of aromatic nitrogens is 2. The molecule has 0 amide bonds. The Labute approximate surface area is 116 Å².